The summed E-state index contributed by atoms with van der Waals surface area (Å²) in [4.78, 5) is 2.15. The predicted octanol–water partition coefficient (Wildman–Crippen LogP) is 2.46. The van der Waals surface area contributed by atoms with Crippen molar-refractivity contribution in [3.8, 4) is 5.75 Å². The van der Waals surface area contributed by atoms with Crippen LogP contribution in [0.5, 0.6) is 5.75 Å². The van der Waals surface area contributed by atoms with Crippen LogP contribution >= 0.6 is 0 Å². The van der Waals surface area contributed by atoms with Crippen LogP contribution in [0.1, 0.15) is 38.3 Å². The lowest BCUT2D eigenvalue weighted by molar-refractivity contribution is 0.0880. The van der Waals surface area contributed by atoms with Gasteiger partial charge in [-0.2, -0.15) is 0 Å². The van der Waals surface area contributed by atoms with Crippen LogP contribution in [0.25, 0.3) is 0 Å². The van der Waals surface area contributed by atoms with Gasteiger partial charge in [-0.05, 0) is 44.6 Å². The molecule has 0 aliphatic rings. The molecule has 1 aromatic carbocycles. The van der Waals surface area contributed by atoms with Gasteiger partial charge in [0.2, 0.25) is 0 Å². The van der Waals surface area contributed by atoms with Gasteiger partial charge >= 0.3 is 0 Å². The third-order valence-electron chi connectivity index (χ3n) is 4.33. The molecule has 0 amide bonds. The van der Waals surface area contributed by atoms with E-state index in [-0.39, 0.29) is 23.1 Å². The van der Waals surface area contributed by atoms with Gasteiger partial charge in [0.15, 0.2) is 11.6 Å². The number of hydrogen-bond acceptors (Lipinski definition) is 4. The average molecular weight is 283 g/mol. The number of likely N-dealkylation sites (N-methyl/N-ethyl adjacent to an activating group) is 1. The molecule has 0 aliphatic carbocycles. The van der Waals surface area contributed by atoms with E-state index < -0.39 is 0 Å². The Morgan fingerprint density at radius 1 is 1.35 bits per heavy atom. The van der Waals surface area contributed by atoms with Crippen LogP contribution in [-0.2, 0) is 0 Å². The van der Waals surface area contributed by atoms with Crippen LogP contribution < -0.4 is 16.0 Å². The van der Waals surface area contributed by atoms with Crippen LogP contribution in [-0.4, -0.2) is 31.6 Å². The number of hydrogen-bond donors (Lipinski definition) is 2. The molecule has 1 rings (SSSR count). The maximum atomic E-state index is 13.9. The third-order valence-corrected chi connectivity index (χ3v) is 4.33. The molecule has 0 heterocycles. The molecule has 114 valence electrons. The summed E-state index contributed by atoms with van der Waals surface area (Å²) in [5.41, 5.74) is 3.51. The second-order valence-corrected chi connectivity index (χ2v) is 5.20. The fourth-order valence-electron chi connectivity index (χ4n) is 2.97. The van der Waals surface area contributed by atoms with E-state index in [0.29, 0.717) is 0 Å². The Balaban J connectivity index is 3.27. The van der Waals surface area contributed by atoms with Crippen LogP contribution in [0.2, 0.25) is 0 Å². The fraction of sp³-hybridized carbons (Fsp3) is 0.600. The molecule has 20 heavy (non-hydrogen) atoms. The molecular weight excluding hydrogens is 257 g/mol. The zero-order chi connectivity index (χ0) is 15.3. The zero-order valence-corrected chi connectivity index (χ0v) is 13.0. The Kier molecular flexibility index (Phi) is 5.92. The van der Waals surface area contributed by atoms with E-state index in [1.807, 2.05) is 20.2 Å². The smallest absolute Gasteiger partial charge is 0.165 e. The number of nitrogens with two attached hydrogens (primary N) is 1. The van der Waals surface area contributed by atoms with E-state index in [1.54, 1.807) is 6.07 Å². The Labute approximate surface area is 121 Å². The highest BCUT2D eigenvalue weighted by molar-refractivity contribution is 5.32. The molecule has 0 bridgehead atoms. The maximum absolute atomic E-state index is 13.9. The average Bonchev–Trinajstić information content (AvgIpc) is 2.44. The summed E-state index contributed by atoms with van der Waals surface area (Å²) in [5.74, 6) is 5.64. The van der Waals surface area contributed by atoms with Crippen molar-refractivity contribution in [2.24, 2.45) is 5.84 Å². The van der Waals surface area contributed by atoms with Gasteiger partial charge in [-0.3, -0.25) is 11.3 Å². The summed E-state index contributed by atoms with van der Waals surface area (Å²) >= 11 is 0. The van der Waals surface area contributed by atoms with Crippen LogP contribution in [0.4, 0.5) is 4.39 Å². The Bertz CT molecular complexity index is 433. The molecule has 0 spiro atoms. The Morgan fingerprint density at radius 3 is 2.30 bits per heavy atom. The maximum Gasteiger partial charge on any atom is 0.165 e. The molecule has 1 atom stereocenters. The normalized spacial score (nSPS) is 13.6. The molecule has 0 aromatic heterocycles. The molecule has 0 fully saturated rings. The minimum Gasteiger partial charge on any atom is -0.494 e. The van der Waals surface area contributed by atoms with Crippen molar-refractivity contribution in [3.05, 3.63) is 29.6 Å². The number of hydrazine groups is 1. The standard InChI is InChI=1S/C15H26FN3O/c1-6-15(7-2,19(3)4)14(18-17)11-8-9-13(20-5)12(16)10-11/h8-10,14,18H,6-7,17H2,1-5H3. The minimum atomic E-state index is -0.370. The number of ether oxygens (including phenoxy) is 1. The highest BCUT2D eigenvalue weighted by atomic mass is 19.1. The van der Waals surface area contributed by atoms with E-state index in [0.717, 1.165) is 18.4 Å². The van der Waals surface area contributed by atoms with Crippen molar-refractivity contribution in [2.75, 3.05) is 21.2 Å². The molecular formula is C15H26FN3O. The quantitative estimate of drug-likeness (QED) is 0.596. The molecule has 0 saturated heterocycles. The fourth-order valence-corrected chi connectivity index (χ4v) is 2.97. The number of benzene rings is 1. The lowest BCUT2D eigenvalue weighted by Crippen LogP contribution is -2.54. The van der Waals surface area contributed by atoms with Crippen molar-refractivity contribution in [3.63, 3.8) is 0 Å². The largest absolute Gasteiger partial charge is 0.494 e. The van der Waals surface area contributed by atoms with E-state index in [9.17, 15) is 4.39 Å². The highest BCUT2D eigenvalue weighted by Crippen LogP contribution is 2.36. The first-order valence-corrected chi connectivity index (χ1v) is 6.93. The number of nitrogens with zero attached hydrogens (tertiary/aromatic N) is 1. The second-order valence-electron chi connectivity index (χ2n) is 5.20. The molecule has 0 aliphatic heterocycles. The summed E-state index contributed by atoms with van der Waals surface area (Å²) in [6, 6.07) is 4.83. The molecule has 3 N–H and O–H groups in total. The van der Waals surface area contributed by atoms with Crippen molar-refractivity contribution in [1.29, 1.82) is 0 Å². The van der Waals surface area contributed by atoms with Gasteiger partial charge in [0.1, 0.15) is 0 Å². The summed E-state index contributed by atoms with van der Waals surface area (Å²) in [5, 5.41) is 0. The van der Waals surface area contributed by atoms with Gasteiger partial charge in [0.25, 0.3) is 0 Å². The third kappa shape index (κ3) is 2.95. The van der Waals surface area contributed by atoms with E-state index in [1.165, 1.54) is 13.2 Å². The zero-order valence-electron chi connectivity index (χ0n) is 13.0. The lowest BCUT2D eigenvalue weighted by atomic mass is 9.80. The number of nitrogens with one attached hydrogen (secondary N) is 1. The monoisotopic (exact) mass is 283 g/mol. The molecule has 4 nitrogen and oxygen atoms in total. The van der Waals surface area contributed by atoms with Crippen LogP contribution in [0.3, 0.4) is 0 Å². The van der Waals surface area contributed by atoms with E-state index in [4.69, 9.17) is 10.6 Å². The van der Waals surface area contributed by atoms with Gasteiger partial charge in [0, 0.05) is 5.54 Å². The first-order chi connectivity index (χ1) is 9.46. The molecule has 1 unspecified atom stereocenters. The van der Waals surface area contributed by atoms with Gasteiger partial charge < -0.3 is 9.64 Å². The van der Waals surface area contributed by atoms with E-state index >= 15 is 0 Å². The van der Waals surface area contributed by atoms with E-state index in [2.05, 4.69) is 24.2 Å². The molecule has 0 saturated carbocycles. The number of methoxy groups -OCH3 is 1. The van der Waals surface area contributed by atoms with Crippen molar-refractivity contribution in [1.82, 2.24) is 10.3 Å². The van der Waals surface area contributed by atoms with Gasteiger partial charge in [0.05, 0.1) is 13.2 Å². The SMILES string of the molecule is CCC(CC)(C(NN)c1ccc(OC)c(F)c1)N(C)C. The van der Waals surface area contributed by atoms with Crippen molar-refractivity contribution < 1.29 is 9.13 Å². The Hall–Kier alpha value is -1.17. The van der Waals surface area contributed by atoms with Crippen LogP contribution in [0, 0.1) is 5.82 Å². The predicted molar refractivity (Wildman–Crippen MR) is 80.0 cm³/mol. The summed E-state index contributed by atoms with van der Waals surface area (Å²) in [7, 11) is 5.51. The van der Waals surface area contributed by atoms with Crippen molar-refractivity contribution in [2.45, 2.75) is 38.3 Å². The number of halogens is 1. The van der Waals surface area contributed by atoms with Crippen LogP contribution in [0.15, 0.2) is 18.2 Å². The second kappa shape index (κ2) is 7.02. The minimum absolute atomic E-state index is 0.159. The lowest BCUT2D eigenvalue weighted by Gasteiger charge is -2.45. The Morgan fingerprint density at radius 2 is 1.95 bits per heavy atom. The van der Waals surface area contributed by atoms with Gasteiger partial charge in [-0.25, -0.2) is 4.39 Å². The number of rotatable bonds is 7. The molecule has 1 aromatic rings. The molecule has 0 radical (unpaired) electrons. The van der Waals surface area contributed by atoms with Crippen molar-refractivity contribution >= 4 is 0 Å². The summed E-state index contributed by atoms with van der Waals surface area (Å²) in [6.07, 6.45) is 1.80. The van der Waals surface area contributed by atoms with Gasteiger partial charge in [-0.15, -0.1) is 0 Å². The van der Waals surface area contributed by atoms with Gasteiger partial charge in [-0.1, -0.05) is 19.9 Å². The topological polar surface area (TPSA) is 50.5 Å². The summed E-state index contributed by atoms with van der Waals surface area (Å²) in [6.45, 7) is 4.24. The summed E-state index contributed by atoms with van der Waals surface area (Å²) < 4.78 is 18.9. The first kappa shape index (κ1) is 16.9. The molecule has 5 heteroatoms. The first-order valence-electron chi connectivity index (χ1n) is 6.93. The highest BCUT2D eigenvalue weighted by Gasteiger charge is 2.38.